The normalized spacial score (nSPS) is 10.9. The van der Waals surface area contributed by atoms with Gasteiger partial charge in [-0.3, -0.25) is 4.79 Å². The molecule has 2 N–H and O–H groups in total. The van der Waals surface area contributed by atoms with E-state index in [4.69, 9.17) is 14.6 Å². The van der Waals surface area contributed by atoms with Crippen LogP contribution in [0.4, 0.5) is 0 Å². The van der Waals surface area contributed by atoms with Crippen LogP contribution in [0.2, 0.25) is 0 Å². The van der Waals surface area contributed by atoms with E-state index in [0.29, 0.717) is 5.69 Å². The molecule has 0 aliphatic heterocycles. The quantitative estimate of drug-likeness (QED) is 0.874. The van der Waals surface area contributed by atoms with E-state index in [1.807, 2.05) is 13.8 Å². The summed E-state index contributed by atoms with van der Waals surface area (Å²) in [4.78, 5) is 34.2. The summed E-state index contributed by atoms with van der Waals surface area (Å²) in [5, 5.41) is 17.9. The zero-order chi connectivity index (χ0) is 16.4. The zero-order valence-corrected chi connectivity index (χ0v) is 12.1. The van der Waals surface area contributed by atoms with Crippen LogP contribution in [0.25, 0.3) is 0 Å². The average molecular weight is 305 g/mol. The van der Waals surface area contributed by atoms with Crippen LogP contribution in [0.5, 0.6) is 0 Å². The summed E-state index contributed by atoms with van der Waals surface area (Å²) < 4.78 is 6.42. The van der Waals surface area contributed by atoms with Crippen LogP contribution < -0.4 is 5.56 Å². The maximum atomic E-state index is 12.3. The topological polar surface area (TPSA) is 110 Å². The van der Waals surface area contributed by atoms with Gasteiger partial charge >= 0.3 is 11.9 Å². The molecule has 0 bridgehead atoms. The summed E-state index contributed by atoms with van der Waals surface area (Å²) in [5.74, 6) is -2.49. The highest BCUT2D eigenvalue weighted by molar-refractivity contribution is 5.87. The lowest BCUT2D eigenvalue weighted by Crippen LogP contribution is -2.29. The van der Waals surface area contributed by atoms with Gasteiger partial charge in [-0.05, 0) is 30.2 Å². The van der Waals surface area contributed by atoms with Crippen molar-refractivity contribution in [1.29, 1.82) is 0 Å². The molecule has 0 fully saturated rings. The fraction of sp³-hybridized carbons (Fsp3) is 0.267. The highest BCUT2D eigenvalue weighted by atomic mass is 16.4. The van der Waals surface area contributed by atoms with Crippen LogP contribution in [0.1, 0.15) is 52.1 Å². The Kier molecular flexibility index (Phi) is 4.16. The molecule has 2 rings (SSSR count). The number of hydrogen-bond acceptors (Lipinski definition) is 4. The fourth-order valence-electron chi connectivity index (χ4n) is 2.16. The number of furan rings is 1. The largest absolute Gasteiger partial charge is 0.477 e. The van der Waals surface area contributed by atoms with Gasteiger partial charge in [0.2, 0.25) is 5.76 Å². The van der Waals surface area contributed by atoms with Gasteiger partial charge in [-0.15, -0.1) is 0 Å². The van der Waals surface area contributed by atoms with Crippen LogP contribution >= 0.6 is 0 Å². The molecule has 0 saturated heterocycles. The van der Waals surface area contributed by atoms with Crippen molar-refractivity contribution < 1.29 is 24.2 Å². The number of nitrogens with zero attached hydrogens (tertiary/aromatic N) is 1. The van der Waals surface area contributed by atoms with Crippen LogP contribution in [-0.2, 0) is 6.54 Å². The highest BCUT2D eigenvalue weighted by Gasteiger charge is 2.17. The molecule has 116 valence electrons. The maximum absolute atomic E-state index is 12.3. The first-order valence-corrected chi connectivity index (χ1v) is 6.60. The van der Waals surface area contributed by atoms with Crippen molar-refractivity contribution in [3.05, 3.63) is 57.4 Å². The lowest BCUT2D eigenvalue weighted by molar-refractivity contribution is 0.0658. The van der Waals surface area contributed by atoms with E-state index in [1.165, 1.54) is 22.8 Å². The summed E-state index contributed by atoms with van der Waals surface area (Å²) in [5.41, 5.74) is -0.343. The predicted molar refractivity (Wildman–Crippen MR) is 76.5 cm³/mol. The third-order valence-electron chi connectivity index (χ3n) is 3.22. The molecule has 7 nitrogen and oxygen atoms in total. The predicted octanol–water partition coefficient (Wildman–Crippen LogP) is 2.01. The second-order valence-corrected chi connectivity index (χ2v) is 5.09. The van der Waals surface area contributed by atoms with Crippen molar-refractivity contribution >= 4 is 11.9 Å². The minimum Gasteiger partial charge on any atom is -0.477 e. The zero-order valence-electron chi connectivity index (χ0n) is 12.1. The van der Waals surface area contributed by atoms with E-state index in [9.17, 15) is 14.4 Å². The molecule has 2 aromatic heterocycles. The molecule has 7 heteroatoms. The molecule has 22 heavy (non-hydrogen) atoms. The summed E-state index contributed by atoms with van der Waals surface area (Å²) >= 11 is 0. The van der Waals surface area contributed by atoms with Gasteiger partial charge < -0.3 is 19.2 Å². The third-order valence-corrected chi connectivity index (χ3v) is 3.22. The van der Waals surface area contributed by atoms with Crippen molar-refractivity contribution in [2.45, 2.75) is 26.3 Å². The number of carboxylic acid groups (broad SMARTS) is 2. The molecular formula is C15H15NO6. The Labute approximate surface area is 125 Å². The maximum Gasteiger partial charge on any atom is 0.371 e. The number of pyridine rings is 1. The highest BCUT2D eigenvalue weighted by Crippen LogP contribution is 2.16. The summed E-state index contributed by atoms with van der Waals surface area (Å²) in [6.45, 7) is 3.72. The first-order chi connectivity index (χ1) is 10.3. The van der Waals surface area contributed by atoms with Gasteiger partial charge in [-0.25, -0.2) is 9.59 Å². The first-order valence-electron chi connectivity index (χ1n) is 6.60. The van der Waals surface area contributed by atoms with Gasteiger partial charge in [0.25, 0.3) is 5.56 Å². The van der Waals surface area contributed by atoms with Gasteiger partial charge in [0.05, 0.1) is 6.54 Å². The van der Waals surface area contributed by atoms with E-state index in [2.05, 4.69) is 0 Å². The SMILES string of the molecule is CC(C)c1ccc(C(=O)O)c(=O)n1Cc1ccc(C(=O)O)o1. The van der Waals surface area contributed by atoms with Crippen LogP contribution in [0.15, 0.2) is 33.5 Å². The fourth-order valence-corrected chi connectivity index (χ4v) is 2.16. The minimum atomic E-state index is -1.31. The van der Waals surface area contributed by atoms with E-state index < -0.39 is 17.5 Å². The van der Waals surface area contributed by atoms with Gasteiger partial charge in [0.15, 0.2) is 0 Å². The van der Waals surface area contributed by atoms with E-state index >= 15 is 0 Å². The van der Waals surface area contributed by atoms with Crippen LogP contribution in [0, 0.1) is 0 Å². The number of rotatable bonds is 5. The number of carboxylic acids is 2. The van der Waals surface area contributed by atoms with Gasteiger partial charge in [0, 0.05) is 5.69 Å². The molecule has 2 aromatic rings. The lowest BCUT2D eigenvalue weighted by Gasteiger charge is -2.15. The van der Waals surface area contributed by atoms with Crippen molar-refractivity contribution in [1.82, 2.24) is 4.57 Å². The van der Waals surface area contributed by atoms with E-state index in [1.54, 1.807) is 6.07 Å². The summed E-state index contributed by atoms with van der Waals surface area (Å²) in [6.07, 6.45) is 0. The molecule has 0 aliphatic carbocycles. The number of hydrogen-bond donors (Lipinski definition) is 2. The van der Waals surface area contributed by atoms with Crippen molar-refractivity contribution in [3.63, 3.8) is 0 Å². The van der Waals surface area contributed by atoms with Gasteiger partial charge in [0.1, 0.15) is 11.3 Å². The smallest absolute Gasteiger partial charge is 0.371 e. The lowest BCUT2D eigenvalue weighted by atomic mass is 10.1. The second-order valence-electron chi connectivity index (χ2n) is 5.09. The van der Waals surface area contributed by atoms with Crippen molar-refractivity contribution in [2.75, 3.05) is 0 Å². The monoisotopic (exact) mass is 305 g/mol. The van der Waals surface area contributed by atoms with E-state index in [0.717, 1.165) is 0 Å². The molecule has 0 spiro atoms. The average Bonchev–Trinajstić information content (AvgIpc) is 2.89. The third kappa shape index (κ3) is 2.93. The van der Waals surface area contributed by atoms with Crippen LogP contribution in [0.3, 0.4) is 0 Å². The Morgan fingerprint density at radius 3 is 2.32 bits per heavy atom. The number of carbonyl (C=O) groups is 2. The number of aromatic carboxylic acids is 2. The van der Waals surface area contributed by atoms with Gasteiger partial charge in [-0.1, -0.05) is 13.8 Å². The Balaban J connectivity index is 2.51. The Morgan fingerprint density at radius 2 is 1.82 bits per heavy atom. The standard InChI is InChI=1S/C15H15NO6/c1-8(2)11-5-4-10(14(18)19)13(17)16(11)7-9-3-6-12(22-9)15(20)21/h3-6,8H,7H2,1-2H3,(H,18,19)(H,20,21). The molecular weight excluding hydrogens is 290 g/mol. The van der Waals surface area contributed by atoms with Crippen molar-refractivity contribution in [2.24, 2.45) is 0 Å². The van der Waals surface area contributed by atoms with E-state index in [-0.39, 0.29) is 29.5 Å². The molecule has 2 heterocycles. The molecule has 0 unspecified atom stereocenters. The summed E-state index contributed by atoms with van der Waals surface area (Å²) in [7, 11) is 0. The van der Waals surface area contributed by atoms with Gasteiger partial charge in [-0.2, -0.15) is 0 Å². The molecule has 0 amide bonds. The molecule has 0 saturated carbocycles. The first kappa shape index (κ1) is 15.6. The molecule has 0 atom stereocenters. The molecule has 0 radical (unpaired) electrons. The van der Waals surface area contributed by atoms with Crippen molar-refractivity contribution in [3.8, 4) is 0 Å². The molecule has 0 aromatic carbocycles. The molecule has 0 aliphatic rings. The number of aromatic nitrogens is 1. The Morgan fingerprint density at radius 1 is 1.14 bits per heavy atom. The minimum absolute atomic E-state index is 0.00977. The van der Waals surface area contributed by atoms with Crippen LogP contribution in [-0.4, -0.2) is 26.7 Å². The second kappa shape index (κ2) is 5.88. The Hall–Kier alpha value is -2.83. The Bertz CT molecular complexity index is 784. The summed E-state index contributed by atoms with van der Waals surface area (Å²) in [6, 6.07) is 5.60.